The van der Waals surface area contributed by atoms with E-state index in [-0.39, 0.29) is 18.3 Å². The molecule has 3 aromatic rings. The van der Waals surface area contributed by atoms with Crippen molar-refractivity contribution in [2.45, 2.75) is 4.90 Å². The van der Waals surface area contributed by atoms with Gasteiger partial charge in [0, 0.05) is 16.0 Å². The van der Waals surface area contributed by atoms with E-state index in [9.17, 15) is 9.59 Å². The van der Waals surface area contributed by atoms with Gasteiger partial charge in [0.15, 0.2) is 6.61 Å². The summed E-state index contributed by atoms with van der Waals surface area (Å²) >= 11 is 1.34. The molecule has 3 aromatic carbocycles. The molecule has 0 spiro atoms. The van der Waals surface area contributed by atoms with Crippen molar-refractivity contribution >= 4 is 40.1 Å². The van der Waals surface area contributed by atoms with Crippen molar-refractivity contribution in [2.75, 3.05) is 24.8 Å². The number of hydrogen-bond donors (Lipinski definition) is 1. The predicted molar refractivity (Wildman–Crippen MR) is 107 cm³/mol. The van der Waals surface area contributed by atoms with Crippen LogP contribution in [0.4, 0.5) is 5.69 Å². The average Bonchev–Trinajstić information content (AvgIpc) is 2.71. The van der Waals surface area contributed by atoms with Crippen LogP contribution in [0.15, 0.2) is 71.6 Å². The normalized spacial score (nSPS) is 10.4. The molecule has 0 aliphatic rings. The minimum atomic E-state index is -0.441. The van der Waals surface area contributed by atoms with Crippen LogP contribution in [-0.2, 0) is 14.3 Å². The van der Waals surface area contributed by atoms with Gasteiger partial charge in [-0.15, -0.1) is 11.8 Å². The monoisotopic (exact) mass is 381 g/mol. The average molecular weight is 381 g/mol. The molecule has 138 valence electrons. The van der Waals surface area contributed by atoms with E-state index in [1.807, 2.05) is 66.7 Å². The zero-order chi connectivity index (χ0) is 19.1. The first-order chi connectivity index (χ1) is 13.2. The zero-order valence-corrected chi connectivity index (χ0v) is 15.6. The van der Waals surface area contributed by atoms with E-state index in [0.29, 0.717) is 5.69 Å². The number of methoxy groups -OCH3 is 1. The van der Waals surface area contributed by atoms with Crippen LogP contribution in [0.2, 0.25) is 0 Å². The van der Waals surface area contributed by atoms with Gasteiger partial charge in [-0.1, -0.05) is 36.4 Å². The van der Waals surface area contributed by atoms with Crippen LogP contribution >= 0.6 is 11.8 Å². The van der Waals surface area contributed by atoms with Gasteiger partial charge in [0.05, 0.1) is 12.9 Å². The zero-order valence-electron chi connectivity index (χ0n) is 14.8. The fourth-order valence-corrected chi connectivity index (χ4v) is 3.22. The molecular formula is C21H19NO4S. The lowest BCUT2D eigenvalue weighted by molar-refractivity contribution is -0.144. The number of rotatable bonds is 7. The summed E-state index contributed by atoms with van der Waals surface area (Å²) in [4.78, 5) is 24.9. The SMILES string of the molecule is COc1ccc(SCC(=O)OCC(=O)Nc2cccc3ccccc23)cc1. The lowest BCUT2D eigenvalue weighted by atomic mass is 10.1. The maximum Gasteiger partial charge on any atom is 0.316 e. The van der Waals surface area contributed by atoms with Crippen LogP contribution < -0.4 is 10.1 Å². The fourth-order valence-electron chi connectivity index (χ4n) is 2.52. The topological polar surface area (TPSA) is 64.6 Å². The highest BCUT2D eigenvalue weighted by molar-refractivity contribution is 8.00. The molecular weight excluding hydrogens is 362 g/mol. The molecule has 0 atom stereocenters. The van der Waals surface area contributed by atoms with Gasteiger partial charge in [-0.25, -0.2) is 0 Å². The predicted octanol–water partition coefficient (Wildman–Crippen LogP) is 4.12. The van der Waals surface area contributed by atoms with Gasteiger partial charge < -0.3 is 14.8 Å². The number of carbonyl (C=O) groups excluding carboxylic acids is 2. The lowest BCUT2D eigenvalue weighted by Gasteiger charge is -2.09. The van der Waals surface area contributed by atoms with Crippen LogP contribution in [0, 0.1) is 0 Å². The van der Waals surface area contributed by atoms with Gasteiger partial charge in [0.1, 0.15) is 5.75 Å². The molecule has 3 rings (SSSR count). The Balaban J connectivity index is 1.47. The van der Waals surface area contributed by atoms with Crippen molar-refractivity contribution in [3.05, 3.63) is 66.7 Å². The Labute approximate surface area is 161 Å². The minimum absolute atomic E-state index is 0.133. The number of carbonyl (C=O) groups is 2. The molecule has 1 amide bonds. The van der Waals surface area contributed by atoms with E-state index in [0.717, 1.165) is 21.4 Å². The van der Waals surface area contributed by atoms with Crippen molar-refractivity contribution in [3.8, 4) is 5.75 Å². The summed E-state index contributed by atoms with van der Waals surface area (Å²) < 4.78 is 10.1. The third-order valence-corrected chi connectivity index (χ3v) is 4.83. The number of amides is 1. The molecule has 0 fully saturated rings. The van der Waals surface area contributed by atoms with Gasteiger partial charge in [-0.3, -0.25) is 9.59 Å². The summed E-state index contributed by atoms with van der Waals surface area (Å²) in [6, 6.07) is 20.8. The highest BCUT2D eigenvalue weighted by Gasteiger charge is 2.10. The lowest BCUT2D eigenvalue weighted by Crippen LogP contribution is -2.21. The highest BCUT2D eigenvalue weighted by atomic mass is 32.2. The van der Waals surface area contributed by atoms with Gasteiger partial charge in [0.25, 0.3) is 5.91 Å². The maximum absolute atomic E-state index is 12.1. The Hall–Kier alpha value is -2.99. The quantitative estimate of drug-likeness (QED) is 0.493. The number of esters is 1. The van der Waals surface area contributed by atoms with Gasteiger partial charge in [-0.05, 0) is 35.7 Å². The second kappa shape index (κ2) is 9.09. The number of thioether (sulfide) groups is 1. The van der Waals surface area contributed by atoms with Gasteiger partial charge >= 0.3 is 5.97 Å². The van der Waals surface area contributed by atoms with Gasteiger partial charge in [-0.2, -0.15) is 0 Å². The molecule has 0 saturated carbocycles. The molecule has 0 radical (unpaired) electrons. The molecule has 0 aliphatic carbocycles. The summed E-state index contributed by atoms with van der Waals surface area (Å²) in [5.74, 6) is 0.0820. The van der Waals surface area contributed by atoms with Crippen LogP contribution in [0.25, 0.3) is 10.8 Å². The van der Waals surface area contributed by atoms with E-state index < -0.39 is 5.97 Å². The van der Waals surface area contributed by atoms with E-state index in [4.69, 9.17) is 9.47 Å². The number of benzene rings is 3. The third-order valence-electron chi connectivity index (χ3n) is 3.84. The summed E-state index contributed by atoms with van der Waals surface area (Å²) in [7, 11) is 1.60. The summed E-state index contributed by atoms with van der Waals surface area (Å²) in [5, 5.41) is 4.76. The second-order valence-electron chi connectivity index (χ2n) is 5.70. The first-order valence-corrected chi connectivity index (χ1v) is 9.34. The first-order valence-electron chi connectivity index (χ1n) is 8.36. The third kappa shape index (κ3) is 5.24. The van der Waals surface area contributed by atoms with Crippen LogP contribution in [0.1, 0.15) is 0 Å². The Morgan fingerprint density at radius 1 is 0.963 bits per heavy atom. The Kier molecular flexibility index (Phi) is 6.33. The van der Waals surface area contributed by atoms with Crippen molar-refractivity contribution in [1.82, 2.24) is 0 Å². The van der Waals surface area contributed by atoms with Crippen molar-refractivity contribution in [3.63, 3.8) is 0 Å². The maximum atomic E-state index is 12.1. The molecule has 0 aromatic heterocycles. The number of ether oxygens (including phenoxy) is 2. The molecule has 0 heterocycles. The largest absolute Gasteiger partial charge is 0.497 e. The molecule has 6 heteroatoms. The molecule has 0 bridgehead atoms. The van der Waals surface area contributed by atoms with E-state index in [1.54, 1.807) is 7.11 Å². The smallest absolute Gasteiger partial charge is 0.316 e. The van der Waals surface area contributed by atoms with Crippen LogP contribution in [0.5, 0.6) is 5.75 Å². The fraction of sp³-hybridized carbons (Fsp3) is 0.143. The Bertz CT molecular complexity index is 935. The standard InChI is InChI=1S/C21H19NO4S/c1-25-16-9-11-17(12-10-16)27-14-21(24)26-13-20(23)22-19-8-4-6-15-5-2-3-7-18(15)19/h2-12H,13-14H2,1H3,(H,22,23). The molecule has 5 nitrogen and oxygen atoms in total. The van der Waals surface area contributed by atoms with Crippen molar-refractivity contribution in [1.29, 1.82) is 0 Å². The van der Waals surface area contributed by atoms with E-state index >= 15 is 0 Å². The van der Waals surface area contributed by atoms with E-state index in [1.165, 1.54) is 11.8 Å². The number of anilines is 1. The van der Waals surface area contributed by atoms with Crippen molar-refractivity contribution in [2.24, 2.45) is 0 Å². The Morgan fingerprint density at radius 2 is 1.70 bits per heavy atom. The van der Waals surface area contributed by atoms with Crippen molar-refractivity contribution < 1.29 is 19.1 Å². The second-order valence-corrected chi connectivity index (χ2v) is 6.75. The Morgan fingerprint density at radius 3 is 2.48 bits per heavy atom. The number of nitrogens with one attached hydrogen (secondary N) is 1. The number of fused-ring (bicyclic) bond motifs is 1. The molecule has 0 unspecified atom stereocenters. The summed E-state index contributed by atoms with van der Waals surface area (Å²) in [6.07, 6.45) is 0. The van der Waals surface area contributed by atoms with Crippen LogP contribution in [0.3, 0.4) is 0 Å². The highest BCUT2D eigenvalue weighted by Crippen LogP contribution is 2.23. The first kappa shape index (κ1) is 18.8. The number of hydrogen-bond acceptors (Lipinski definition) is 5. The summed E-state index contributed by atoms with van der Waals surface area (Å²) in [6.45, 7) is -0.314. The van der Waals surface area contributed by atoms with Gasteiger partial charge in [0.2, 0.25) is 0 Å². The minimum Gasteiger partial charge on any atom is -0.497 e. The molecule has 1 N–H and O–H groups in total. The molecule has 27 heavy (non-hydrogen) atoms. The molecule has 0 saturated heterocycles. The summed E-state index contributed by atoms with van der Waals surface area (Å²) in [5.41, 5.74) is 0.696. The van der Waals surface area contributed by atoms with Crippen LogP contribution in [-0.4, -0.2) is 31.3 Å². The molecule has 0 aliphatic heterocycles. The van der Waals surface area contributed by atoms with E-state index in [2.05, 4.69) is 5.32 Å².